The van der Waals surface area contributed by atoms with Crippen LogP contribution in [-0.2, 0) is 4.79 Å². The number of ether oxygens (including phenoxy) is 2. The molecule has 0 aliphatic rings. The summed E-state index contributed by atoms with van der Waals surface area (Å²) in [5, 5.41) is 11.6. The van der Waals surface area contributed by atoms with Crippen LogP contribution in [0.3, 0.4) is 0 Å². The second-order valence-electron chi connectivity index (χ2n) is 4.69. The van der Waals surface area contributed by atoms with E-state index in [9.17, 15) is 4.79 Å². The second kappa shape index (κ2) is 8.61. The van der Waals surface area contributed by atoms with Gasteiger partial charge >= 0.3 is 0 Å². The normalized spacial score (nSPS) is 10.2. The molecule has 122 valence electrons. The molecule has 0 aliphatic heterocycles. The van der Waals surface area contributed by atoms with Crippen molar-refractivity contribution >= 4 is 29.3 Å². The zero-order valence-corrected chi connectivity index (χ0v) is 13.7. The Morgan fingerprint density at radius 2 is 2.04 bits per heavy atom. The minimum atomic E-state index is -0.277. The number of halogens is 1. The highest BCUT2D eigenvalue weighted by Crippen LogP contribution is 2.27. The molecule has 2 rings (SSSR count). The van der Waals surface area contributed by atoms with Crippen LogP contribution in [0.1, 0.15) is 5.56 Å². The predicted octanol–water partition coefficient (Wildman–Crippen LogP) is 3.90. The summed E-state index contributed by atoms with van der Waals surface area (Å²) in [4.78, 5) is 11.9. The number of rotatable bonds is 6. The molecule has 0 spiro atoms. The van der Waals surface area contributed by atoms with Crippen molar-refractivity contribution in [1.29, 1.82) is 5.26 Å². The minimum Gasteiger partial charge on any atom is -0.495 e. The van der Waals surface area contributed by atoms with E-state index in [2.05, 4.69) is 5.32 Å². The first kappa shape index (κ1) is 17.4. The van der Waals surface area contributed by atoms with Crippen LogP contribution in [0.2, 0.25) is 5.02 Å². The average molecular weight is 343 g/mol. The smallest absolute Gasteiger partial charge is 0.248 e. The van der Waals surface area contributed by atoms with Gasteiger partial charge in [-0.05, 0) is 42.0 Å². The lowest BCUT2D eigenvalue weighted by Gasteiger charge is -2.06. The largest absolute Gasteiger partial charge is 0.495 e. The summed E-state index contributed by atoms with van der Waals surface area (Å²) in [7, 11) is 1.53. The van der Waals surface area contributed by atoms with Crippen LogP contribution in [0.15, 0.2) is 48.5 Å². The highest BCUT2D eigenvalue weighted by Gasteiger charge is 2.03. The molecule has 1 amide bonds. The summed E-state index contributed by atoms with van der Waals surface area (Å²) >= 11 is 6.01. The lowest BCUT2D eigenvalue weighted by molar-refractivity contribution is -0.111. The zero-order valence-electron chi connectivity index (χ0n) is 13.0. The predicted molar refractivity (Wildman–Crippen MR) is 93.2 cm³/mol. The van der Waals surface area contributed by atoms with E-state index in [0.717, 1.165) is 5.56 Å². The molecular weight excluding hydrogens is 328 g/mol. The zero-order chi connectivity index (χ0) is 17.4. The van der Waals surface area contributed by atoms with Gasteiger partial charge in [-0.3, -0.25) is 4.79 Å². The van der Waals surface area contributed by atoms with E-state index in [0.29, 0.717) is 22.2 Å². The summed E-state index contributed by atoms with van der Waals surface area (Å²) in [6, 6.07) is 14.0. The highest BCUT2D eigenvalue weighted by atomic mass is 35.5. The fourth-order valence-electron chi connectivity index (χ4n) is 1.89. The van der Waals surface area contributed by atoms with E-state index in [1.807, 2.05) is 6.07 Å². The van der Waals surface area contributed by atoms with Crippen LogP contribution in [0.4, 0.5) is 5.69 Å². The summed E-state index contributed by atoms with van der Waals surface area (Å²) in [6.45, 7) is 0.00200. The fraction of sp³-hybridized carbons (Fsp3) is 0.111. The maximum atomic E-state index is 11.9. The quantitative estimate of drug-likeness (QED) is 0.808. The first-order valence-electron chi connectivity index (χ1n) is 7.05. The molecule has 5 nitrogen and oxygen atoms in total. The molecule has 6 heteroatoms. The van der Waals surface area contributed by atoms with E-state index in [1.165, 1.54) is 13.2 Å². The Hall–Kier alpha value is -2.97. The van der Waals surface area contributed by atoms with E-state index < -0.39 is 0 Å². The molecule has 0 fully saturated rings. The number of anilines is 1. The lowest BCUT2D eigenvalue weighted by atomic mass is 10.2. The number of methoxy groups -OCH3 is 1. The van der Waals surface area contributed by atoms with Gasteiger partial charge in [-0.25, -0.2) is 0 Å². The van der Waals surface area contributed by atoms with Gasteiger partial charge in [-0.15, -0.1) is 0 Å². The van der Waals surface area contributed by atoms with Gasteiger partial charge in [0.25, 0.3) is 0 Å². The Labute approximate surface area is 145 Å². The van der Waals surface area contributed by atoms with Crippen molar-refractivity contribution in [3.8, 4) is 17.6 Å². The Balaban J connectivity index is 1.95. The van der Waals surface area contributed by atoms with E-state index >= 15 is 0 Å². The van der Waals surface area contributed by atoms with E-state index in [4.69, 9.17) is 26.3 Å². The van der Waals surface area contributed by atoms with Gasteiger partial charge in [0.1, 0.15) is 17.6 Å². The third-order valence-corrected chi connectivity index (χ3v) is 3.33. The highest BCUT2D eigenvalue weighted by molar-refractivity contribution is 6.32. The van der Waals surface area contributed by atoms with Crippen molar-refractivity contribution in [1.82, 2.24) is 0 Å². The third-order valence-electron chi connectivity index (χ3n) is 3.03. The van der Waals surface area contributed by atoms with Gasteiger partial charge in [0.2, 0.25) is 5.91 Å². The minimum absolute atomic E-state index is 0.00200. The topological polar surface area (TPSA) is 71.3 Å². The molecule has 0 radical (unpaired) electrons. The summed E-state index contributed by atoms with van der Waals surface area (Å²) in [5.74, 6) is 0.871. The van der Waals surface area contributed by atoms with E-state index in [1.54, 1.807) is 48.5 Å². The number of hydrogen-bond acceptors (Lipinski definition) is 4. The first-order valence-corrected chi connectivity index (χ1v) is 7.42. The number of nitrogens with zero attached hydrogens (tertiary/aromatic N) is 1. The second-order valence-corrected chi connectivity index (χ2v) is 5.09. The summed E-state index contributed by atoms with van der Waals surface area (Å²) < 4.78 is 10.2. The SMILES string of the molecule is COc1ccc(NC(=O)/C=C/c2ccc(OCC#N)cc2)cc1Cl. The van der Waals surface area contributed by atoms with Gasteiger partial charge in [0.05, 0.1) is 12.1 Å². The van der Waals surface area contributed by atoms with Crippen LogP contribution in [0.5, 0.6) is 11.5 Å². The first-order chi connectivity index (χ1) is 11.6. The number of hydrogen-bond donors (Lipinski definition) is 1. The third kappa shape index (κ3) is 5.04. The van der Waals surface area contributed by atoms with E-state index in [-0.39, 0.29) is 12.5 Å². The number of carbonyl (C=O) groups excluding carboxylic acids is 1. The van der Waals surface area contributed by atoms with Crippen LogP contribution in [-0.4, -0.2) is 19.6 Å². The van der Waals surface area contributed by atoms with Crippen molar-refractivity contribution in [3.05, 3.63) is 59.1 Å². The summed E-state index contributed by atoms with van der Waals surface area (Å²) in [6.07, 6.45) is 3.10. The molecule has 0 bridgehead atoms. The van der Waals surface area contributed by atoms with Gasteiger partial charge in [0, 0.05) is 11.8 Å². The van der Waals surface area contributed by atoms with Crippen molar-refractivity contribution in [2.45, 2.75) is 0 Å². The number of nitriles is 1. The standard InChI is InChI=1S/C18H15ClN2O3/c1-23-17-8-5-14(12-16(17)19)21-18(22)9-4-13-2-6-15(7-3-13)24-11-10-20/h2-9,12H,11H2,1H3,(H,21,22)/b9-4+. The average Bonchev–Trinajstić information content (AvgIpc) is 2.59. The van der Waals surface area contributed by atoms with Gasteiger partial charge in [-0.2, -0.15) is 5.26 Å². The Morgan fingerprint density at radius 1 is 1.29 bits per heavy atom. The molecule has 0 saturated heterocycles. The molecule has 0 unspecified atom stereocenters. The van der Waals surface area contributed by atoms with Crippen LogP contribution in [0.25, 0.3) is 6.08 Å². The van der Waals surface area contributed by atoms with Crippen molar-refractivity contribution < 1.29 is 14.3 Å². The fourth-order valence-corrected chi connectivity index (χ4v) is 2.15. The number of amides is 1. The maximum Gasteiger partial charge on any atom is 0.248 e. The maximum absolute atomic E-state index is 11.9. The van der Waals surface area contributed by atoms with Crippen LogP contribution < -0.4 is 14.8 Å². The molecule has 0 aromatic heterocycles. The molecule has 0 saturated carbocycles. The lowest BCUT2D eigenvalue weighted by Crippen LogP contribution is -2.07. The van der Waals surface area contributed by atoms with Crippen molar-refractivity contribution in [2.24, 2.45) is 0 Å². The van der Waals surface area contributed by atoms with Gasteiger partial charge in [0.15, 0.2) is 6.61 Å². The number of benzene rings is 2. The van der Waals surface area contributed by atoms with Crippen molar-refractivity contribution in [3.63, 3.8) is 0 Å². The molecule has 24 heavy (non-hydrogen) atoms. The molecule has 2 aromatic rings. The van der Waals surface area contributed by atoms with Crippen LogP contribution >= 0.6 is 11.6 Å². The number of carbonyl (C=O) groups is 1. The molecule has 0 atom stereocenters. The molecule has 0 heterocycles. The Bertz CT molecular complexity index is 780. The Morgan fingerprint density at radius 3 is 2.67 bits per heavy atom. The molecule has 1 N–H and O–H groups in total. The van der Waals surface area contributed by atoms with Crippen molar-refractivity contribution in [2.75, 3.05) is 19.0 Å². The molecular formula is C18H15ClN2O3. The monoisotopic (exact) mass is 342 g/mol. The molecule has 2 aromatic carbocycles. The van der Waals surface area contributed by atoms with Crippen LogP contribution in [0, 0.1) is 11.3 Å². The van der Waals surface area contributed by atoms with Gasteiger partial charge in [-0.1, -0.05) is 23.7 Å². The number of nitrogens with one attached hydrogen (secondary N) is 1. The molecule has 0 aliphatic carbocycles. The summed E-state index contributed by atoms with van der Waals surface area (Å²) in [5.41, 5.74) is 1.41. The van der Waals surface area contributed by atoms with Gasteiger partial charge < -0.3 is 14.8 Å². The Kier molecular flexibility index (Phi) is 6.23.